The van der Waals surface area contributed by atoms with Crippen LogP contribution in [0.25, 0.3) is 11.5 Å². The van der Waals surface area contributed by atoms with E-state index in [0.29, 0.717) is 24.0 Å². The minimum absolute atomic E-state index is 0.267. The Labute approximate surface area is 175 Å². The number of rotatable bonds is 9. The molecular formula is C21H27N5O2S. The molecule has 3 aromatic rings. The minimum Gasteiger partial charge on any atom is -0.444 e. The highest BCUT2D eigenvalue weighted by atomic mass is 32.2. The van der Waals surface area contributed by atoms with Gasteiger partial charge in [0.05, 0.1) is 5.69 Å². The Morgan fingerprint density at radius 1 is 1.28 bits per heavy atom. The number of amides is 1. The molecule has 2 heterocycles. The zero-order valence-electron chi connectivity index (χ0n) is 17.3. The van der Waals surface area contributed by atoms with E-state index in [1.807, 2.05) is 6.07 Å². The molecule has 0 saturated heterocycles. The number of nitrogens with two attached hydrogens (primary N) is 1. The number of primary amides is 1. The van der Waals surface area contributed by atoms with E-state index in [-0.39, 0.29) is 12.3 Å². The zero-order chi connectivity index (χ0) is 21.0. The van der Waals surface area contributed by atoms with Crippen LogP contribution in [0.15, 0.2) is 34.0 Å². The van der Waals surface area contributed by atoms with Crippen molar-refractivity contribution in [2.75, 3.05) is 0 Å². The Morgan fingerprint density at radius 3 is 2.76 bits per heavy atom. The molecule has 0 aliphatic heterocycles. The summed E-state index contributed by atoms with van der Waals surface area (Å²) in [6.45, 7) is 9.19. The number of hydrogen-bond donors (Lipinski definition) is 1. The third-order valence-electron chi connectivity index (χ3n) is 4.45. The second kappa shape index (κ2) is 9.26. The summed E-state index contributed by atoms with van der Waals surface area (Å²) in [5.41, 5.74) is 9.49. The molecule has 0 radical (unpaired) electrons. The lowest BCUT2D eigenvalue weighted by molar-refractivity contribution is -0.118. The number of oxazole rings is 1. The van der Waals surface area contributed by atoms with Gasteiger partial charge >= 0.3 is 0 Å². The molecule has 0 aliphatic rings. The molecule has 0 bridgehead atoms. The van der Waals surface area contributed by atoms with Gasteiger partial charge in [-0.1, -0.05) is 43.3 Å². The Kier molecular flexibility index (Phi) is 6.74. The number of aryl methyl sites for hydroxylation is 3. The predicted molar refractivity (Wildman–Crippen MR) is 113 cm³/mol. The number of thioether (sulfide) groups is 1. The quantitative estimate of drug-likeness (QED) is 0.534. The van der Waals surface area contributed by atoms with Gasteiger partial charge < -0.3 is 14.7 Å². The van der Waals surface area contributed by atoms with E-state index in [9.17, 15) is 4.79 Å². The van der Waals surface area contributed by atoms with Crippen LogP contribution in [0.1, 0.15) is 42.9 Å². The molecule has 1 aromatic carbocycles. The molecule has 0 spiro atoms. The highest BCUT2D eigenvalue weighted by Gasteiger charge is 2.16. The van der Waals surface area contributed by atoms with Crippen LogP contribution in [0.5, 0.6) is 0 Å². The number of nitrogens with zero attached hydrogens (tertiary/aromatic N) is 4. The van der Waals surface area contributed by atoms with Crippen LogP contribution in [0.4, 0.5) is 0 Å². The van der Waals surface area contributed by atoms with E-state index >= 15 is 0 Å². The second-order valence-corrected chi connectivity index (χ2v) is 8.56. The number of carbonyl (C=O) groups excluding carboxylic acids is 1. The summed E-state index contributed by atoms with van der Waals surface area (Å²) in [7, 11) is 0. The maximum Gasteiger partial charge on any atom is 0.226 e. The van der Waals surface area contributed by atoms with Crippen LogP contribution >= 0.6 is 11.8 Å². The monoisotopic (exact) mass is 413 g/mol. The zero-order valence-corrected chi connectivity index (χ0v) is 18.1. The van der Waals surface area contributed by atoms with Gasteiger partial charge in [0.1, 0.15) is 12.1 Å². The van der Waals surface area contributed by atoms with Crippen LogP contribution in [0.3, 0.4) is 0 Å². The van der Waals surface area contributed by atoms with Crippen molar-refractivity contribution in [3.8, 4) is 11.5 Å². The van der Waals surface area contributed by atoms with Gasteiger partial charge in [0.25, 0.3) is 0 Å². The molecule has 0 atom stereocenters. The first kappa shape index (κ1) is 21.1. The highest BCUT2D eigenvalue weighted by molar-refractivity contribution is 7.98. The fraction of sp³-hybridized carbons (Fsp3) is 0.429. The highest BCUT2D eigenvalue weighted by Crippen LogP contribution is 2.27. The molecule has 0 aliphatic carbocycles. The van der Waals surface area contributed by atoms with E-state index < -0.39 is 0 Å². The van der Waals surface area contributed by atoms with Crippen molar-refractivity contribution in [2.24, 2.45) is 11.7 Å². The molecule has 0 unspecified atom stereocenters. The number of carbonyl (C=O) groups is 1. The van der Waals surface area contributed by atoms with Crippen LogP contribution in [-0.2, 0) is 23.5 Å². The molecule has 29 heavy (non-hydrogen) atoms. The van der Waals surface area contributed by atoms with Gasteiger partial charge in [-0.25, -0.2) is 4.98 Å². The van der Waals surface area contributed by atoms with Gasteiger partial charge in [-0.15, -0.1) is 10.2 Å². The molecule has 3 rings (SSSR count). The Morgan fingerprint density at radius 2 is 2.07 bits per heavy atom. The number of benzene rings is 1. The smallest absolute Gasteiger partial charge is 0.226 e. The summed E-state index contributed by atoms with van der Waals surface area (Å²) in [6.07, 6.45) is 2.46. The third-order valence-corrected chi connectivity index (χ3v) is 5.45. The summed E-state index contributed by atoms with van der Waals surface area (Å²) >= 11 is 1.56. The molecule has 154 valence electrons. The third kappa shape index (κ3) is 5.47. The van der Waals surface area contributed by atoms with Crippen molar-refractivity contribution in [1.29, 1.82) is 0 Å². The Hall–Kier alpha value is -2.61. The summed E-state index contributed by atoms with van der Waals surface area (Å²) in [5, 5.41) is 9.40. The lowest BCUT2D eigenvalue weighted by Crippen LogP contribution is -2.15. The lowest BCUT2D eigenvalue weighted by Gasteiger charge is -2.11. The Balaban J connectivity index is 1.72. The van der Waals surface area contributed by atoms with E-state index in [4.69, 9.17) is 10.2 Å². The van der Waals surface area contributed by atoms with E-state index in [0.717, 1.165) is 34.3 Å². The van der Waals surface area contributed by atoms with Crippen molar-refractivity contribution in [1.82, 2.24) is 19.7 Å². The van der Waals surface area contributed by atoms with Gasteiger partial charge in [-0.05, 0) is 31.4 Å². The van der Waals surface area contributed by atoms with Crippen molar-refractivity contribution < 1.29 is 9.21 Å². The van der Waals surface area contributed by atoms with Crippen LogP contribution in [0.2, 0.25) is 0 Å². The van der Waals surface area contributed by atoms with Crippen molar-refractivity contribution in [3.05, 3.63) is 47.1 Å². The average molecular weight is 414 g/mol. The maximum atomic E-state index is 11.1. The van der Waals surface area contributed by atoms with Crippen molar-refractivity contribution >= 4 is 17.7 Å². The summed E-state index contributed by atoms with van der Waals surface area (Å²) in [4.78, 5) is 15.8. The lowest BCUT2D eigenvalue weighted by atomic mass is 10.1. The molecule has 2 N–H and O–H groups in total. The van der Waals surface area contributed by atoms with Crippen LogP contribution in [-0.4, -0.2) is 25.7 Å². The first-order chi connectivity index (χ1) is 13.8. The van der Waals surface area contributed by atoms with Crippen molar-refractivity contribution in [3.63, 3.8) is 0 Å². The molecule has 0 fully saturated rings. The SMILES string of the molecule is Cc1ccc(-c2nc(CSc3nnc(CCC(N)=O)n3CC(C)C)co2)c(C)c1. The van der Waals surface area contributed by atoms with Gasteiger partial charge in [-0.2, -0.15) is 0 Å². The molecule has 8 heteroatoms. The van der Waals surface area contributed by atoms with E-state index in [1.165, 1.54) is 5.56 Å². The standard InChI is InChI=1S/C21H27N5O2S/c1-13(2)10-26-19(8-7-18(22)27)24-25-21(26)29-12-16-11-28-20(23-16)17-6-5-14(3)9-15(17)4/h5-6,9,11,13H,7-8,10,12H2,1-4H3,(H2,22,27). The van der Waals surface area contributed by atoms with Gasteiger partial charge in [0.15, 0.2) is 5.16 Å². The van der Waals surface area contributed by atoms with Gasteiger partial charge in [-0.3, -0.25) is 4.79 Å². The molecule has 2 aromatic heterocycles. The topological polar surface area (TPSA) is 99.8 Å². The predicted octanol–water partition coefficient (Wildman–Crippen LogP) is 3.92. The number of hydrogen-bond acceptors (Lipinski definition) is 6. The fourth-order valence-electron chi connectivity index (χ4n) is 3.08. The largest absolute Gasteiger partial charge is 0.444 e. The first-order valence-electron chi connectivity index (χ1n) is 9.68. The molecule has 0 saturated carbocycles. The maximum absolute atomic E-state index is 11.1. The van der Waals surface area contributed by atoms with Crippen molar-refractivity contribution in [2.45, 2.75) is 58.0 Å². The number of aromatic nitrogens is 4. The fourth-order valence-corrected chi connectivity index (χ4v) is 3.93. The average Bonchev–Trinajstić information content (AvgIpc) is 3.25. The molecule has 7 nitrogen and oxygen atoms in total. The van der Waals surface area contributed by atoms with Gasteiger partial charge in [0.2, 0.25) is 11.8 Å². The van der Waals surface area contributed by atoms with Crippen LogP contribution < -0.4 is 5.73 Å². The van der Waals surface area contributed by atoms with E-state index in [2.05, 4.69) is 59.6 Å². The first-order valence-corrected chi connectivity index (χ1v) is 10.7. The Bertz CT molecular complexity index is 993. The molecular weight excluding hydrogens is 386 g/mol. The normalized spacial score (nSPS) is 11.3. The van der Waals surface area contributed by atoms with Gasteiger partial charge in [0, 0.05) is 30.7 Å². The summed E-state index contributed by atoms with van der Waals surface area (Å²) in [5.74, 6) is 2.14. The summed E-state index contributed by atoms with van der Waals surface area (Å²) < 4.78 is 7.78. The van der Waals surface area contributed by atoms with Crippen LogP contribution in [0, 0.1) is 19.8 Å². The minimum atomic E-state index is -0.333. The molecule has 1 amide bonds. The summed E-state index contributed by atoms with van der Waals surface area (Å²) in [6, 6.07) is 6.22. The van der Waals surface area contributed by atoms with E-state index in [1.54, 1.807) is 18.0 Å². The second-order valence-electron chi connectivity index (χ2n) is 7.62.